The number of hydrogen-bond acceptors (Lipinski definition) is 3. The van der Waals surface area contributed by atoms with Gasteiger partial charge in [0.05, 0.1) is 10.1 Å². The smallest absolute Gasteiger partial charge is 0.321 e. The average Bonchev–Trinajstić information content (AvgIpc) is 2.45. The standard InChI is InChI=1S/C14H10BrClO2S/c15-8-13(16)19-9-14(17)18-12-7-3-5-10-4-1-2-6-11(10)12/h1-8H,9H2/b13-8+. The maximum absolute atomic E-state index is 11.7. The van der Waals surface area contributed by atoms with E-state index in [9.17, 15) is 4.79 Å². The van der Waals surface area contributed by atoms with Gasteiger partial charge in [0.25, 0.3) is 0 Å². The molecule has 2 nitrogen and oxygen atoms in total. The molecule has 0 aliphatic rings. The van der Waals surface area contributed by atoms with Gasteiger partial charge in [-0.3, -0.25) is 4.79 Å². The van der Waals surface area contributed by atoms with Crippen LogP contribution in [0.3, 0.4) is 0 Å². The summed E-state index contributed by atoms with van der Waals surface area (Å²) in [7, 11) is 0. The fraction of sp³-hybridized carbons (Fsp3) is 0.0714. The second kappa shape index (κ2) is 6.98. The van der Waals surface area contributed by atoms with Crippen molar-refractivity contribution in [3.05, 3.63) is 51.8 Å². The SMILES string of the molecule is O=C(CS/C(Cl)=C/Br)Oc1cccc2ccccc12. The monoisotopic (exact) mass is 356 g/mol. The molecule has 0 radical (unpaired) electrons. The van der Waals surface area contributed by atoms with Crippen molar-refractivity contribution in [1.82, 2.24) is 0 Å². The number of halogens is 2. The lowest BCUT2D eigenvalue weighted by Crippen LogP contribution is -2.10. The normalized spacial score (nSPS) is 11.6. The molecular formula is C14H10BrClO2S. The van der Waals surface area contributed by atoms with Crippen LogP contribution in [0.5, 0.6) is 5.75 Å². The van der Waals surface area contributed by atoms with Gasteiger partial charge in [-0.05, 0) is 11.5 Å². The van der Waals surface area contributed by atoms with E-state index in [1.54, 1.807) is 11.1 Å². The van der Waals surface area contributed by atoms with Crippen molar-refractivity contribution in [2.75, 3.05) is 5.75 Å². The molecule has 2 aromatic carbocycles. The van der Waals surface area contributed by atoms with Gasteiger partial charge in [-0.25, -0.2) is 0 Å². The van der Waals surface area contributed by atoms with E-state index in [1.807, 2.05) is 36.4 Å². The maximum atomic E-state index is 11.7. The number of carbonyl (C=O) groups is 1. The van der Waals surface area contributed by atoms with Gasteiger partial charge in [-0.1, -0.05) is 63.9 Å². The summed E-state index contributed by atoms with van der Waals surface area (Å²) >= 11 is 10.1. The lowest BCUT2D eigenvalue weighted by Gasteiger charge is -2.07. The molecule has 2 rings (SSSR count). The highest BCUT2D eigenvalue weighted by Gasteiger charge is 2.08. The highest BCUT2D eigenvalue weighted by Crippen LogP contribution is 2.26. The van der Waals surface area contributed by atoms with E-state index < -0.39 is 0 Å². The third kappa shape index (κ3) is 4.00. The molecule has 0 bridgehead atoms. The van der Waals surface area contributed by atoms with Crippen LogP contribution in [0.15, 0.2) is 51.8 Å². The minimum Gasteiger partial charge on any atom is -0.425 e. The van der Waals surface area contributed by atoms with Crippen molar-refractivity contribution in [1.29, 1.82) is 0 Å². The van der Waals surface area contributed by atoms with Crippen molar-refractivity contribution < 1.29 is 9.53 Å². The first kappa shape index (κ1) is 14.4. The first-order valence-corrected chi connectivity index (χ1v) is 7.76. The van der Waals surface area contributed by atoms with Gasteiger partial charge in [0.2, 0.25) is 0 Å². The van der Waals surface area contributed by atoms with Crippen LogP contribution in [0.25, 0.3) is 10.8 Å². The van der Waals surface area contributed by atoms with Crippen molar-refractivity contribution >= 4 is 56.0 Å². The first-order chi connectivity index (χ1) is 9.20. The van der Waals surface area contributed by atoms with Crippen molar-refractivity contribution in [3.8, 4) is 5.75 Å². The molecule has 0 heterocycles. The minimum atomic E-state index is -0.325. The number of esters is 1. The lowest BCUT2D eigenvalue weighted by molar-refractivity contribution is -0.131. The number of benzene rings is 2. The molecule has 0 saturated heterocycles. The Kier molecular flexibility index (Phi) is 5.31. The fourth-order valence-corrected chi connectivity index (χ4v) is 2.53. The van der Waals surface area contributed by atoms with Gasteiger partial charge in [0, 0.05) is 10.4 Å². The average molecular weight is 358 g/mol. The Bertz CT molecular complexity index is 622. The zero-order valence-corrected chi connectivity index (χ0v) is 13.0. The van der Waals surface area contributed by atoms with Crippen LogP contribution in [0.4, 0.5) is 0 Å². The van der Waals surface area contributed by atoms with Crippen molar-refractivity contribution in [2.45, 2.75) is 0 Å². The van der Waals surface area contributed by atoms with Gasteiger partial charge in [-0.2, -0.15) is 0 Å². The highest BCUT2D eigenvalue weighted by atomic mass is 79.9. The fourth-order valence-electron chi connectivity index (χ4n) is 1.60. The van der Waals surface area contributed by atoms with Gasteiger partial charge in [0.15, 0.2) is 0 Å². The summed E-state index contributed by atoms with van der Waals surface area (Å²) < 4.78 is 5.87. The van der Waals surface area contributed by atoms with Crippen LogP contribution in [0.1, 0.15) is 0 Å². The van der Waals surface area contributed by atoms with Crippen LogP contribution < -0.4 is 4.74 Å². The zero-order valence-electron chi connectivity index (χ0n) is 9.81. The van der Waals surface area contributed by atoms with Crippen molar-refractivity contribution in [3.63, 3.8) is 0 Å². The molecule has 0 amide bonds. The summed E-state index contributed by atoms with van der Waals surface area (Å²) in [5.41, 5.74) is 0. The van der Waals surface area contributed by atoms with Crippen LogP contribution >= 0.6 is 39.3 Å². The third-order valence-corrected chi connectivity index (χ3v) is 4.62. The molecule has 0 aromatic heterocycles. The molecule has 5 heteroatoms. The number of ether oxygens (including phenoxy) is 1. The molecule has 19 heavy (non-hydrogen) atoms. The lowest BCUT2D eigenvalue weighted by atomic mass is 10.1. The van der Waals surface area contributed by atoms with E-state index in [0.29, 0.717) is 10.1 Å². The molecule has 0 unspecified atom stereocenters. The summed E-state index contributed by atoms with van der Waals surface area (Å²) in [4.78, 5) is 13.3. The minimum absolute atomic E-state index is 0.171. The van der Waals surface area contributed by atoms with E-state index in [-0.39, 0.29) is 11.7 Å². The molecule has 0 fully saturated rings. The Hall–Kier alpha value is -0.970. The predicted molar refractivity (Wildman–Crippen MR) is 84.9 cm³/mol. The van der Waals surface area contributed by atoms with E-state index in [2.05, 4.69) is 15.9 Å². The number of carbonyl (C=O) groups excluding carboxylic acids is 1. The van der Waals surface area contributed by atoms with Crippen LogP contribution in [-0.2, 0) is 4.79 Å². The molecule has 98 valence electrons. The summed E-state index contributed by atoms with van der Waals surface area (Å²) in [5, 5.41) is 1.96. The maximum Gasteiger partial charge on any atom is 0.321 e. The molecular weight excluding hydrogens is 348 g/mol. The Balaban J connectivity index is 2.11. The number of thioether (sulfide) groups is 1. The molecule has 0 saturated carbocycles. The summed E-state index contributed by atoms with van der Waals surface area (Å²) in [5.74, 6) is 0.418. The topological polar surface area (TPSA) is 26.3 Å². The molecule has 2 aromatic rings. The summed E-state index contributed by atoms with van der Waals surface area (Å²) in [6.07, 6.45) is 0. The molecule has 0 aliphatic heterocycles. The highest BCUT2D eigenvalue weighted by molar-refractivity contribution is 9.11. The van der Waals surface area contributed by atoms with Crippen LogP contribution in [0.2, 0.25) is 0 Å². The first-order valence-electron chi connectivity index (χ1n) is 5.48. The van der Waals surface area contributed by atoms with Crippen molar-refractivity contribution in [2.24, 2.45) is 0 Å². The number of rotatable bonds is 4. The predicted octanol–water partition coefficient (Wildman–Crippen LogP) is 4.91. The van der Waals surface area contributed by atoms with E-state index in [4.69, 9.17) is 16.3 Å². The Morgan fingerprint density at radius 1 is 1.26 bits per heavy atom. The van der Waals surface area contributed by atoms with E-state index in [1.165, 1.54) is 11.8 Å². The Morgan fingerprint density at radius 2 is 2.00 bits per heavy atom. The van der Waals surface area contributed by atoms with Crippen LogP contribution in [0, 0.1) is 0 Å². The third-order valence-electron chi connectivity index (χ3n) is 2.39. The van der Waals surface area contributed by atoms with E-state index >= 15 is 0 Å². The molecule has 0 N–H and O–H groups in total. The molecule has 0 atom stereocenters. The Morgan fingerprint density at radius 3 is 2.79 bits per heavy atom. The summed E-state index contributed by atoms with van der Waals surface area (Å²) in [6, 6.07) is 13.4. The van der Waals surface area contributed by atoms with Gasteiger partial charge < -0.3 is 4.74 Å². The molecule has 0 aliphatic carbocycles. The van der Waals surface area contributed by atoms with Gasteiger partial charge >= 0.3 is 5.97 Å². The molecule has 0 spiro atoms. The second-order valence-electron chi connectivity index (χ2n) is 3.65. The second-order valence-corrected chi connectivity index (χ2v) is 5.76. The quantitative estimate of drug-likeness (QED) is 0.574. The van der Waals surface area contributed by atoms with Gasteiger partial charge in [-0.15, -0.1) is 11.8 Å². The van der Waals surface area contributed by atoms with Gasteiger partial charge in [0.1, 0.15) is 5.75 Å². The zero-order chi connectivity index (χ0) is 13.7. The largest absolute Gasteiger partial charge is 0.425 e. The Labute approximate surface area is 128 Å². The number of hydrogen-bond donors (Lipinski definition) is 0. The summed E-state index contributed by atoms with van der Waals surface area (Å²) in [6.45, 7) is 0. The van der Waals surface area contributed by atoms with Crippen LogP contribution in [-0.4, -0.2) is 11.7 Å². The van der Waals surface area contributed by atoms with E-state index in [0.717, 1.165) is 10.8 Å². The number of fused-ring (bicyclic) bond motifs is 1.